The van der Waals surface area contributed by atoms with E-state index in [-0.39, 0.29) is 5.91 Å². The second-order valence-electron chi connectivity index (χ2n) is 6.12. The average molecular weight is 309 g/mol. The van der Waals surface area contributed by atoms with Crippen LogP contribution < -0.4 is 5.32 Å². The Balaban J connectivity index is 1.75. The number of hydrogen-bond acceptors (Lipinski definition) is 3. The quantitative estimate of drug-likeness (QED) is 0.784. The van der Waals surface area contributed by atoms with Gasteiger partial charge in [0.15, 0.2) is 5.76 Å². The van der Waals surface area contributed by atoms with Crippen molar-refractivity contribution < 1.29 is 9.21 Å². The summed E-state index contributed by atoms with van der Waals surface area (Å²) in [6, 6.07) is 10.2. The first-order valence-corrected chi connectivity index (χ1v) is 8.06. The zero-order valence-corrected chi connectivity index (χ0v) is 13.1. The summed E-state index contributed by atoms with van der Waals surface area (Å²) < 4.78 is 7.47. The maximum atomic E-state index is 12.5. The fourth-order valence-electron chi connectivity index (χ4n) is 3.43. The highest BCUT2D eigenvalue weighted by atomic mass is 16.3. The number of hydrogen-bond donors (Lipinski definition) is 1. The van der Waals surface area contributed by atoms with Crippen LogP contribution >= 0.6 is 0 Å². The van der Waals surface area contributed by atoms with Gasteiger partial charge in [0.05, 0.1) is 17.3 Å². The molecule has 0 aliphatic heterocycles. The molecule has 118 valence electrons. The summed E-state index contributed by atoms with van der Waals surface area (Å²) in [6.07, 6.45) is 6.24. The molecule has 4 rings (SSSR count). The molecule has 1 aliphatic rings. The molecule has 1 saturated carbocycles. The molecule has 0 atom stereocenters. The summed E-state index contributed by atoms with van der Waals surface area (Å²) in [5, 5.41) is 2.94. The minimum atomic E-state index is -0.248. The molecule has 1 fully saturated rings. The van der Waals surface area contributed by atoms with Gasteiger partial charge in [0.25, 0.3) is 5.91 Å². The number of fused-ring (bicyclic) bond motifs is 1. The van der Waals surface area contributed by atoms with Crippen molar-refractivity contribution in [3.05, 3.63) is 47.9 Å². The van der Waals surface area contributed by atoms with E-state index < -0.39 is 0 Å². The second kappa shape index (κ2) is 5.57. The Morgan fingerprint density at radius 1 is 1.26 bits per heavy atom. The summed E-state index contributed by atoms with van der Waals surface area (Å²) in [4.78, 5) is 17.1. The van der Waals surface area contributed by atoms with E-state index in [1.54, 1.807) is 6.07 Å². The monoisotopic (exact) mass is 309 g/mol. The van der Waals surface area contributed by atoms with Crippen molar-refractivity contribution >= 4 is 22.9 Å². The number of carbonyl (C=O) groups is 1. The Kier molecular flexibility index (Phi) is 3.41. The number of imidazole rings is 1. The van der Waals surface area contributed by atoms with Crippen molar-refractivity contribution in [3.8, 4) is 0 Å². The maximum Gasteiger partial charge on any atom is 0.293 e. The van der Waals surface area contributed by atoms with Crippen LogP contribution in [0, 0.1) is 6.92 Å². The fraction of sp³-hybridized carbons (Fsp3) is 0.333. The Hall–Kier alpha value is -2.56. The third kappa shape index (κ3) is 2.42. The number of anilines is 1. The van der Waals surface area contributed by atoms with Crippen LogP contribution in [-0.4, -0.2) is 15.5 Å². The SMILES string of the molecule is Cc1ccoc1C(=O)Nc1nc2ccccc2n1C1CCCC1. The van der Waals surface area contributed by atoms with Crippen LogP contribution in [0.4, 0.5) is 5.95 Å². The van der Waals surface area contributed by atoms with Crippen LogP contribution in [0.5, 0.6) is 0 Å². The van der Waals surface area contributed by atoms with Gasteiger partial charge in [0, 0.05) is 11.6 Å². The van der Waals surface area contributed by atoms with E-state index in [1.165, 1.54) is 19.1 Å². The number of nitrogens with one attached hydrogen (secondary N) is 1. The van der Waals surface area contributed by atoms with Gasteiger partial charge in [-0.25, -0.2) is 4.98 Å². The molecular weight excluding hydrogens is 290 g/mol. The number of nitrogens with zero attached hydrogens (tertiary/aromatic N) is 2. The summed E-state index contributed by atoms with van der Waals surface area (Å²) in [5.41, 5.74) is 2.81. The fourth-order valence-corrected chi connectivity index (χ4v) is 3.43. The van der Waals surface area contributed by atoms with E-state index in [9.17, 15) is 4.79 Å². The molecule has 1 N–H and O–H groups in total. The van der Waals surface area contributed by atoms with Crippen molar-refractivity contribution in [2.45, 2.75) is 38.6 Å². The van der Waals surface area contributed by atoms with E-state index in [4.69, 9.17) is 4.42 Å². The number of carbonyl (C=O) groups excluding carboxylic acids is 1. The van der Waals surface area contributed by atoms with Crippen molar-refractivity contribution in [1.82, 2.24) is 9.55 Å². The lowest BCUT2D eigenvalue weighted by atomic mass is 10.2. The van der Waals surface area contributed by atoms with Crippen molar-refractivity contribution in [3.63, 3.8) is 0 Å². The highest BCUT2D eigenvalue weighted by molar-refractivity contribution is 6.03. The molecule has 5 heteroatoms. The Morgan fingerprint density at radius 3 is 2.78 bits per heavy atom. The molecule has 2 aromatic heterocycles. The number of aromatic nitrogens is 2. The molecule has 5 nitrogen and oxygen atoms in total. The van der Waals surface area contributed by atoms with Gasteiger partial charge in [-0.1, -0.05) is 25.0 Å². The van der Waals surface area contributed by atoms with Crippen LogP contribution in [0.2, 0.25) is 0 Å². The third-order valence-electron chi connectivity index (χ3n) is 4.58. The molecule has 0 saturated heterocycles. The van der Waals surface area contributed by atoms with Crippen molar-refractivity contribution in [2.24, 2.45) is 0 Å². The zero-order chi connectivity index (χ0) is 15.8. The van der Waals surface area contributed by atoms with Gasteiger partial charge in [-0.2, -0.15) is 0 Å². The summed E-state index contributed by atoms with van der Waals surface area (Å²) in [7, 11) is 0. The molecule has 0 spiro atoms. The minimum Gasteiger partial charge on any atom is -0.459 e. The van der Waals surface area contributed by atoms with E-state index in [2.05, 4.69) is 20.9 Å². The number of para-hydroxylation sites is 2. The molecule has 0 radical (unpaired) electrons. The van der Waals surface area contributed by atoms with Gasteiger partial charge in [0.1, 0.15) is 0 Å². The first-order valence-electron chi connectivity index (χ1n) is 8.06. The summed E-state index contributed by atoms with van der Waals surface area (Å²) >= 11 is 0. The predicted octanol–water partition coefficient (Wildman–Crippen LogP) is 4.31. The molecule has 0 unspecified atom stereocenters. The topological polar surface area (TPSA) is 60.1 Å². The number of rotatable bonds is 3. The first kappa shape index (κ1) is 14.1. The van der Waals surface area contributed by atoms with Crippen LogP contribution in [0.15, 0.2) is 41.0 Å². The molecule has 3 aromatic rings. The largest absolute Gasteiger partial charge is 0.459 e. The maximum absolute atomic E-state index is 12.5. The standard InChI is InChI=1S/C18H19N3O2/c1-12-10-11-23-16(12)17(22)20-18-19-14-8-4-5-9-15(14)21(18)13-6-2-3-7-13/h4-5,8-11,13H,2-3,6-7H2,1H3,(H,19,20,22). The van der Waals surface area contributed by atoms with Crippen LogP contribution in [-0.2, 0) is 0 Å². The van der Waals surface area contributed by atoms with E-state index in [0.717, 1.165) is 29.4 Å². The van der Waals surface area contributed by atoms with Gasteiger partial charge in [0.2, 0.25) is 5.95 Å². The number of amides is 1. The van der Waals surface area contributed by atoms with Crippen LogP contribution in [0.3, 0.4) is 0 Å². The van der Waals surface area contributed by atoms with Crippen LogP contribution in [0.1, 0.15) is 47.8 Å². The van der Waals surface area contributed by atoms with E-state index in [0.29, 0.717) is 17.8 Å². The lowest BCUT2D eigenvalue weighted by Crippen LogP contribution is -2.17. The third-order valence-corrected chi connectivity index (χ3v) is 4.58. The smallest absolute Gasteiger partial charge is 0.293 e. The number of aryl methyl sites for hydroxylation is 1. The summed E-state index contributed by atoms with van der Waals surface area (Å²) in [5.74, 6) is 0.705. The number of furan rings is 1. The van der Waals surface area contributed by atoms with Crippen molar-refractivity contribution in [2.75, 3.05) is 5.32 Å². The Morgan fingerprint density at radius 2 is 2.04 bits per heavy atom. The molecule has 0 bridgehead atoms. The highest BCUT2D eigenvalue weighted by Gasteiger charge is 2.24. The predicted molar refractivity (Wildman–Crippen MR) is 88.6 cm³/mol. The van der Waals surface area contributed by atoms with Gasteiger partial charge < -0.3 is 8.98 Å². The van der Waals surface area contributed by atoms with Crippen molar-refractivity contribution in [1.29, 1.82) is 0 Å². The minimum absolute atomic E-state index is 0.248. The molecule has 1 aliphatic carbocycles. The van der Waals surface area contributed by atoms with Gasteiger partial charge in [-0.15, -0.1) is 0 Å². The Bertz CT molecular complexity index is 856. The summed E-state index contributed by atoms with van der Waals surface area (Å²) in [6.45, 7) is 1.86. The first-order chi connectivity index (χ1) is 11.2. The molecular formula is C18H19N3O2. The molecule has 23 heavy (non-hydrogen) atoms. The van der Waals surface area contributed by atoms with Crippen LogP contribution in [0.25, 0.3) is 11.0 Å². The lowest BCUT2D eigenvalue weighted by Gasteiger charge is -2.16. The Labute approximate surface area is 134 Å². The second-order valence-corrected chi connectivity index (χ2v) is 6.12. The average Bonchev–Trinajstić information content (AvgIpc) is 3.25. The van der Waals surface area contributed by atoms with E-state index >= 15 is 0 Å². The molecule has 2 heterocycles. The number of benzene rings is 1. The molecule has 1 amide bonds. The van der Waals surface area contributed by atoms with Gasteiger partial charge in [-0.3, -0.25) is 10.1 Å². The lowest BCUT2D eigenvalue weighted by molar-refractivity contribution is 0.0994. The normalized spacial score (nSPS) is 15.3. The highest BCUT2D eigenvalue weighted by Crippen LogP contribution is 2.35. The van der Waals surface area contributed by atoms with E-state index in [1.807, 2.05) is 25.1 Å². The van der Waals surface area contributed by atoms with Gasteiger partial charge >= 0.3 is 0 Å². The molecule has 1 aromatic carbocycles. The van der Waals surface area contributed by atoms with Gasteiger partial charge in [-0.05, 0) is 38.0 Å². The zero-order valence-electron chi connectivity index (χ0n) is 13.1.